The van der Waals surface area contributed by atoms with Gasteiger partial charge in [-0.1, -0.05) is 71.9 Å². The van der Waals surface area contributed by atoms with Gasteiger partial charge in [-0.3, -0.25) is 0 Å². The molecule has 0 amide bonds. The first-order valence-corrected chi connectivity index (χ1v) is 12.3. The van der Waals surface area contributed by atoms with Crippen LogP contribution in [-0.2, 0) is 10.8 Å². The molecule has 0 bridgehead atoms. The third-order valence-electron chi connectivity index (χ3n) is 7.03. The molecule has 0 nitrogen and oxygen atoms in total. The summed E-state index contributed by atoms with van der Waals surface area (Å²) in [6.07, 6.45) is 13.3. The molecule has 0 heterocycles. The number of fused-ring (bicyclic) bond motifs is 2. The SMILES string of the molecule is CC(C)(C)c1ccc2ccc(/C([C]3[CH][CH][CH][CH]3)=C3/C=Cc4ccc(C(C)(C)C)cc[c+]43)c-2cc1. The highest BCUT2D eigenvalue weighted by atomic mass is 14.3. The van der Waals surface area contributed by atoms with Gasteiger partial charge in [-0.2, -0.15) is 0 Å². The van der Waals surface area contributed by atoms with Gasteiger partial charge < -0.3 is 0 Å². The van der Waals surface area contributed by atoms with E-state index in [9.17, 15) is 0 Å². The summed E-state index contributed by atoms with van der Waals surface area (Å²) in [7, 11) is 0. The Hall–Kier alpha value is -2.73. The third-order valence-corrected chi connectivity index (χ3v) is 7.03. The second-order valence-corrected chi connectivity index (χ2v) is 11.5. The molecule has 1 fully saturated rings. The quantitative estimate of drug-likeness (QED) is 0.347. The monoisotopic (exact) mass is 442 g/mol. The summed E-state index contributed by atoms with van der Waals surface area (Å²) < 4.78 is 0. The standard InChI is InChI=1S/C34H34/c1-33(2,3)26-15-11-23-13-19-30(28(23)21-17-26)32(25-9-7-8-10-25)31-20-14-24-12-16-27(34(4,5)6)18-22-29(24)31/h7-22H,1-6H3/q+1/b32-30-. The molecule has 4 aliphatic rings. The number of hydrogen-bond acceptors (Lipinski definition) is 0. The second kappa shape index (κ2) is 8.49. The van der Waals surface area contributed by atoms with Gasteiger partial charge in [-0.25, -0.2) is 0 Å². The Morgan fingerprint density at radius 2 is 1.26 bits per heavy atom. The number of hydrogen-bond donors (Lipinski definition) is 0. The van der Waals surface area contributed by atoms with E-state index in [2.05, 4.69) is 140 Å². The van der Waals surface area contributed by atoms with Crippen molar-refractivity contribution in [3.63, 3.8) is 0 Å². The summed E-state index contributed by atoms with van der Waals surface area (Å²) in [5.74, 6) is 1.27. The molecule has 0 aromatic heterocycles. The van der Waals surface area contributed by atoms with Crippen LogP contribution >= 0.6 is 0 Å². The van der Waals surface area contributed by atoms with Crippen molar-refractivity contribution in [3.8, 4) is 11.1 Å². The van der Waals surface area contributed by atoms with E-state index < -0.39 is 0 Å². The van der Waals surface area contributed by atoms with Crippen molar-refractivity contribution in [1.29, 1.82) is 0 Å². The average Bonchev–Trinajstić information content (AvgIpc) is 3.43. The van der Waals surface area contributed by atoms with Crippen LogP contribution in [-0.4, -0.2) is 0 Å². The Labute approximate surface area is 206 Å². The molecule has 1 aromatic carbocycles. The molecule has 0 unspecified atom stereocenters. The van der Waals surface area contributed by atoms with E-state index in [0.717, 1.165) is 0 Å². The maximum atomic E-state index is 2.32. The Balaban J connectivity index is 1.71. The van der Waals surface area contributed by atoms with E-state index >= 15 is 0 Å². The first-order valence-electron chi connectivity index (χ1n) is 12.3. The van der Waals surface area contributed by atoms with E-state index in [1.54, 1.807) is 0 Å². The highest BCUT2D eigenvalue weighted by Crippen LogP contribution is 2.47. The number of allylic oxidation sites excluding steroid dienone is 3. The zero-order chi connectivity index (χ0) is 24.1. The molecular weight excluding hydrogens is 408 g/mol. The Bertz CT molecular complexity index is 1250. The lowest BCUT2D eigenvalue weighted by Gasteiger charge is -2.17. The molecule has 0 saturated heterocycles. The van der Waals surface area contributed by atoms with Crippen molar-refractivity contribution in [2.45, 2.75) is 52.4 Å². The van der Waals surface area contributed by atoms with Gasteiger partial charge in [0.2, 0.25) is 0 Å². The number of rotatable bonds is 2. The predicted molar refractivity (Wildman–Crippen MR) is 148 cm³/mol. The van der Waals surface area contributed by atoms with Crippen LogP contribution < -0.4 is 0 Å². The molecule has 1 saturated carbocycles. The summed E-state index contributed by atoms with van der Waals surface area (Å²) in [6, 6.07) is 22.9. The van der Waals surface area contributed by atoms with Crippen LogP contribution in [0.15, 0.2) is 66.7 Å². The minimum atomic E-state index is 0.121. The highest BCUT2D eigenvalue weighted by molar-refractivity contribution is 6.10. The maximum absolute atomic E-state index is 2.32. The fraction of sp³-hybridized carbons (Fsp3) is 0.235. The van der Waals surface area contributed by atoms with Crippen molar-refractivity contribution in [3.05, 3.63) is 126 Å². The van der Waals surface area contributed by atoms with Gasteiger partial charge >= 0.3 is 0 Å². The lowest BCUT2D eigenvalue weighted by atomic mass is 9.84. The molecule has 34 heavy (non-hydrogen) atoms. The van der Waals surface area contributed by atoms with Crippen LogP contribution in [0.4, 0.5) is 0 Å². The predicted octanol–water partition coefficient (Wildman–Crippen LogP) is 9.01. The molecule has 169 valence electrons. The van der Waals surface area contributed by atoms with Gasteiger partial charge in [0.15, 0.2) is 0 Å². The van der Waals surface area contributed by atoms with E-state index in [4.69, 9.17) is 0 Å². The highest BCUT2D eigenvalue weighted by Gasteiger charge is 2.33. The average molecular weight is 443 g/mol. The first kappa shape index (κ1) is 23.0. The maximum Gasteiger partial charge on any atom is 0.0752 e. The third kappa shape index (κ3) is 4.24. The fourth-order valence-electron chi connectivity index (χ4n) is 4.93. The molecule has 5 radical (unpaired) electrons. The van der Waals surface area contributed by atoms with Gasteiger partial charge in [0.05, 0.1) is 16.7 Å². The molecule has 5 rings (SSSR count). The summed E-state index contributed by atoms with van der Waals surface area (Å²) >= 11 is 0. The first-order chi connectivity index (χ1) is 16.1. The van der Waals surface area contributed by atoms with Crippen molar-refractivity contribution < 1.29 is 0 Å². The van der Waals surface area contributed by atoms with E-state index in [0.29, 0.717) is 0 Å². The van der Waals surface area contributed by atoms with Crippen LogP contribution in [0, 0.1) is 31.6 Å². The Kier molecular flexibility index (Phi) is 5.75. The normalized spacial score (nSPS) is 17.9. The smallest absolute Gasteiger partial charge is 0.0579 e. The van der Waals surface area contributed by atoms with Gasteiger partial charge in [0.25, 0.3) is 0 Å². The molecule has 0 atom stereocenters. The summed E-state index contributed by atoms with van der Waals surface area (Å²) in [5, 5.41) is 0. The van der Waals surface area contributed by atoms with Crippen LogP contribution in [0.25, 0.3) is 28.3 Å². The van der Waals surface area contributed by atoms with Crippen molar-refractivity contribution in [1.82, 2.24) is 0 Å². The lowest BCUT2D eigenvalue weighted by Crippen LogP contribution is -2.09. The fourth-order valence-corrected chi connectivity index (χ4v) is 4.93. The van der Waals surface area contributed by atoms with Crippen LogP contribution in [0.1, 0.15) is 69.4 Å². The van der Waals surface area contributed by atoms with Crippen molar-refractivity contribution in [2.24, 2.45) is 0 Å². The summed E-state index contributed by atoms with van der Waals surface area (Å²) in [4.78, 5) is 0. The van der Waals surface area contributed by atoms with Gasteiger partial charge in [-0.05, 0) is 83.0 Å². The zero-order valence-electron chi connectivity index (χ0n) is 21.2. The molecule has 4 aliphatic carbocycles. The molecule has 1 aromatic rings. The van der Waals surface area contributed by atoms with Crippen LogP contribution in [0.2, 0.25) is 0 Å². The lowest BCUT2D eigenvalue weighted by molar-refractivity contribution is 0.590. The molecule has 0 N–H and O–H groups in total. The Morgan fingerprint density at radius 3 is 1.97 bits per heavy atom. The van der Waals surface area contributed by atoms with Crippen LogP contribution in [0.5, 0.6) is 0 Å². The van der Waals surface area contributed by atoms with Crippen LogP contribution in [0.3, 0.4) is 0 Å². The molecule has 0 heteroatoms. The summed E-state index contributed by atoms with van der Waals surface area (Å²) in [6.45, 7) is 13.7. The van der Waals surface area contributed by atoms with Crippen molar-refractivity contribution >= 4 is 17.2 Å². The molecule has 0 aliphatic heterocycles. The molecule has 0 spiro atoms. The summed E-state index contributed by atoms with van der Waals surface area (Å²) in [5.41, 5.74) is 12.0. The van der Waals surface area contributed by atoms with Gasteiger partial charge in [0, 0.05) is 35.3 Å². The topological polar surface area (TPSA) is 0 Å². The second-order valence-electron chi connectivity index (χ2n) is 11.5. The van der Waals surface area contributed by atoms with Crippen molar-refractivity contribution in [2.75, 3.05) is 0 Å². The van der Waals surface area contributed by atoms with E-state index in [1.165, 1.54) is 56.0 Å². The van der Waals surface area contributed by atoms with E-state index in [-0.39, 0.29) is 10.8 Å². The zero-order valence-corrected chi connectivity index (χ0v) is 21.2. The van der Waals surface area contributed by atoms with E-state index in [1.807, 2.05) is 0 Å². The minimum Gasteiger partial charge on any atom is -0.0579 e. The largest absolute Gasteiger partial charge is 0.0752 e. The molecular formula is C34H34+. The Morgan fingerprint density at radius 1 is 0.647 bits per heavy atom. The van der Waals surface area contributed by atoms with Gasteiger partial charge in [0.1, 0.15) is 0 Å². The van der Waals surface area contributed by atoms with Gasteiger partial charge in [-0.15, -0.1) is 0 Å². The minimum absolute atomic E-state index is 0.121.